The predicted molar refractivity (Wildman–Crippen MR) is 86.1 cm³/mol. The van der Waals surface area contributed by atoms with Crippen LogP contribution in [0, 0.1) is 5.41 Å². The first kappa shape index (κ1) is 15.3. The van der Waals surface area contributed by atoms with E-state index in [2.05, 4.69) is 12.2 Å². The Kier molecular flexibility index (Phi) is 4.67. The van der Waals surface area contributed by atoms with E-state index in [0.29, 0.717) is 6.61 Å². The number of amides is 1. The first-order chi connectivity index (χ1) is 10.7. The molecule has 4 nitrogen and oxygen atoms in total. The van der Waals surface area contributed by atoms with Crippen molar-refractivity contribution in [1.29, 1.82) is 0 Å². The largest absolute Gasteiger partial charge is 0.491 e. The van der Waals surface area contributed by atoms with Crippen LogP contribution in [0.5, 0.6) is 5.75 Å². The summed E-state index contributed by atoms with van der Waals surface area (Å²) in [5.41, 5.74) is 0.595. The van der Waals surface area contributed by atoms with Crippen LogP contribution in [0.4, 0.5) is 5.69 Å². The summed E-state index contributed by atoms with van der Waals surface area (Å²) in [6.45, 7) is 3.48. The van der Waals surface area contributed by atoms with E-state index in [-0.39, 0.29) is 17.4 Å². The number of hydrogen-bond donors (Lipinski definition) is 1. The van der Waals surface area contributed by atoms with Crippen molar-refractivity contribution >= 4 is 11.6 Å². The van der Waals surface area contributed by atoms with Crippen molar-refractivity contribution in [1.82, 2.24) is 0 Å². The summed E-state index contributed by atoms with van der Waals surface area (Å²) in [4.78, 5) is 12.4. The highest BCUT2D eigenvalue weighted by Crippen LogP contribution is 2.38. The van der Waals surface area contributed by atoms with E-state index >= 15 is 0 Å². The fraction of sp³-hybridized carbons (Fsp3) is 0.611. The van der Waals surface area contributed by atoms with Crippen molar-refractivity contribution in [2.45, 2.75) is 51.6 Å². The van der Waals surface area contributed by atoms with Gasteiger partial charge in [0.1, 0.15) is 12.4 Å². The zero-order valence-corrected chi connectivity index (χ0v) is 13.3. The quantitative estimate of drug-likeness (QED) is 0.901. The molecule has 3 rings (SSSR count). The average Bonchev–Trinajstić information content (AvgIpc) is 3.18. The lowest BCUT2D eigenvalue weighted by atomic mass is 9.88. The van der Waals surface area contributed by atoms with Gasteiger partial charge in [0.25, 0.3) is 0 Å². The van der Waals surface area contributed by atoms with Crippen LogP contribution in [0.15, 0.2) is 24.3 Å². The zero-order valence-electron chi connectivity index (χ0n) is 13.3. The van der Waals surface area contributed by atoms with Crippen LogP contribution < -0.4 is 10.1 Å². The van der Waals surface area contributed by atoms with Gasteiger partial charge in [0.05, 0.1) is 6.10 Å². The maximum absolute atomic E-state index is 12.4. The summed E-state index contributed by atoms with van der Waals surface area (Å²) in [6, 6.07) is 7.64. The Balaban J connectivity index is 1.57. The monoisotopic (exact) mass is 303 g/mol. The van der Waals surface area contributed by atoms with Crippen LogP contribution in [0.2, 0.25) is 0 Å². The van der Waals surface area contributed by atoms with Crippen LogP contribution in [-0.2, 0) is 9.53 Å². The van der Waals surface area contributed by atoms with E-state index in [1.165, 1.54) is 0 Å². The standard InChI is InChI=1S/C18H25NO3/c1-18(9-2-3-10-18)17(20)19-14-6-4-7-15(12-14)22-13-16-8-5-11-21-16/h4,6-7,12,16H,2-3,5,8-11,13H2,1H3,(H,19,20). The summed E-state index contributed by atoms with van der Waals surface area (Å²) in [7, 11) is 0. The Hall–Kier alpha value is -1.55. The zero-order chi connectivity index (χ0) is 15.4. The van der Waals surface area contributed by atoms with E-state index in [9.17, 15) is 4.79 Å². The third-order valence-electron chi connectivity index (χ3n) is 4.81. The molecule has 1 aromatic rings. The van der Waals surface area contributed by atoms with Gasteiger partial charge in [-0.1, -0.05) is 25.8 Å². The lowest BCUT2D eigenvalue weighted by molar-refractivity contribution is -0.124. The second-order valence-electron chi connectivity index (χ2n) is 6.70. The Morgan fingerprint density at radius 3 is 2.91 bits per heavy atom. The van der Waals surface area contributed by atoms with Gasteiger partial charge in [-0.3, -0.25) is 4.79 Å². The van der Waals surface area contributed by atoms with E-state index in [1.807, 2.05) is 24.3 Å². The molecule has 1 aromatic carbocycles. The number of ether oxygens (including phenoxy) is 2. The molecule has 1 atom stereocenters. The minimum absolute atomic E-state index is 0.126. The average molecular weight is 303 g/mol. The molecule has 4 heteroatoms. The Bertz CT molecular complexity index is 517. The molecule has 1 aliphatic carbocycles. The van der Waals surface area contributed by atoms with E-state index in [4.69, 9.17) is 9.47 Å². The molecule has 0 aromatic heterocycles. The lowest BCUT2D eigenvalue weighted by Crippen LogP contribution is -2.30. The molecular formula is C18H25NO3. The van der Waals surface area contributed by atoms with Gasteiger partial charge < -0.3 is 14.8 Å². The maximum Gasteiger partial charge on any atom is 0.230 e. The van der Waals surface area contributed by atoms with Crippen LogP contribution >= 0.6 is 0 Å². The lowest BCUT2D eigenvalue weighted by Gasteiger charge is -2.22. The first-order valence-corrected chi connectivity index (χ1v) is 8.32. The van der Waals surface area contributed by atoms with E-state index in [0.717, 1.165) is 56.6 Å². The van der Waals surface area contributed by atoms with Gasteiger partial charge >= 0.3 is 0 Å². The normalized spacial score (nSPS) is 23.4. The fourth-order valence-electron chi connectivity index (χ4n) is 3.29. The molecule has 120 valence electrons. The number of anilines is 1. The highest BCUT2D eigenvalue weighted by molar-refractivity contribution is 5.95. The van der Waals surface area contributed by atoms with Gasteiger partial charge in [0.2, 0.25) is 5.91 Å². The second-order valence-corrected chi connectivity index (χ2v) is 6.70. The number of nitrogens with one attached hydrogen (secondary N) is 1. The molecular weight excluding hydrogens is 278 g/mol. The molecule has 2 aliphatic rings. The van der Waals surface area contributed by atoms with Crippen LogP contribution in [0.3, 0.4) is 0 Å². The second kappa shape index (κ2) is 6.69. The Labute approximate surface area is 132 Å². The number of benzene rings is 1. The van der Waals surface area contributed by atoms with Gasteiger partial charge in [-0.15, -0.1) is 0 Å². The van der Waals surface area contributed by atoms with Gasteiger partial charge in [0.15, 0.2) is 0 Å². The molecule has 0 bridgehead atoms. The SMILES string of the molecule is CC1(C(=O)Nc2cccc(OCC3CCCO3)c2)CCCC1. The molecule has 1 aliphatic heterocycles. The summed E-state index contributed by atoms with van der Waals surface area (Å²) in [5.74, 6) is 0.908. The molecule has 1 heterocycles. The van der Waals surface area contributed by atoms with Crippen LogP contribution in [-0.4, -0.2) is 25.2 Å². The van der Waals surface area contributed by atoms with Gasteiger partial charge in [0, 0.05) is 23.8 Å². The molecule has 0 spiro atoms. The van der Waals surface area contributed by atoms with Gasteiger partial charge in [-0.2, -0.15) is 0 Å². The van der Waals surface area contributed by atoms with Crippen molar-refractivity contribution in [2.75, 3.05) is 18.5 Å². The number of hydrogen-bond acceptors (Lipinski definition) is 3. The molecule has 1 saturated heterocycles. The summed E-state index contributed by atoms with van der Waals surface area (Å²) < 4.78 is 11.3. The van der Waals surface area contributed by atoms with Crippen molar-refractivity contribution in [2.24, 2.45) is 5.41 Å². The van der Waals surface area contributed by atoms with Crippen molar-refractivity contribution < 1.29 is 14.3 Å². The Morgan fingerprint density at radius 2 is 2.18 bits per heavy atom. The van der Waals surface area contributed by atoms with Crippen LogP contribution in [0.1, 0.15) is 45.4 Å². The minimum Gasteiger partial charge on any atom is -0.491 e. The smallest absolute Gasteiger partial charge is 0.230 e. The minimum atomic E-state index is -0.214. The molecule has 2 fully saturated rings. The molecule has 1 unspecified atom stereocenters. The van der Waals surface area contributed by atoms with Gasteiger partial charge in [-0.05, 0) is 37.8 Å². The van der Waals surface area contributed by atoms with E-state index in [1.54, 1.807) is 0 Å². The molecule has 0 radical (unpaired) electrons. The molecule has 1 saturated carbocycles. The summed E-state index contributed by atoms with van der Waals surface area (Å²) >= 11 is 0. The van der Waals surface area contributed by atoms with Crippen LogP contribution in [0.25, 0.3) is 0 Å². The third-order valence-corrected chi connectivity index (χ3v) is 4.81. The van der Waals surface area contributed by atoms with Gasteiger partial charge in [-0.25, -0.2) is 0 Å². The molecule has 22 heavy (non-hydrogen) atoms. The van der Waals surface area contributed by atoms with Crippen molar-refractivity contribution in [3.8, 4) is 5.75 Å². The molecule has 1 N–H and O–H groups in total. The third kappa shape index (κ3) is 3.61. The van der Waals surface area contributed by atoms with E-state index < -0.39 is 0 Å². The fourth-order valence-corrected chi connectivity index (χ4v) is 3.29. The summed E-state index contributed by atoms with van der Waals surface area (Å²) in [5, 5.41) is 3.04. The topological polar surface area (TPSA) is 47.6 Å². The number of rotatable bonds is 5. The summed E-state index contributed by atoms with van der Waals surface area (Å²) in [6.07, 6.45) is 6.64. The number of carbonyl (C=O) groups is 1. The highest BCUT2D eigenvalue weighted by Gasteiger charge is 2.36. The highest BCUT2D eigenvalue weighted by atomic mass is 16.5. The Morgan fingerprint density at radius 1 is 1.36 bits per heavy atom. The molecule has 1 amide bonds. The maximum atomic E-state index is 12.4. The number of carbonyl (C=O) groups excluding carboxylic acids is 1. The predicted octanol–water partition coefficient (Wildman–Crippen LogP) is 3.76. The van der Waals surface area contributed by atoms with Crippen molar-refractivity contribution in [3.63, 3.8) is 0 Å². The first-order valence-electron chi connectivity index (χ1n) is 8.32. The van der Waals surface area contributed by atoms with Crippen molar-refractivity contribution in [3.05, 3.63) is 24.3 Å².